The lowest BCUT2D eigenvalue weighted by molar-refractivity contribution is 0.0624. The van der Waals surface area contributed by atoms with Crippen molar-refractivity contribution in [2.45, 2.75) is 0 Å². The Kier molecular flexibility index (Phi) is 3.00. The number of nitriles is 1. The molecule has 2 aromatic rings. The highest BCUT2D eigenvalue weighted by atomic mass is 16.4. The zero-order chi connectivity index (χ0) is 14.0. The van der Waals surface area contributed by atoms with E-state index in [-0.39, 0.29) is 5.89 Å². The molecule has 94 valence electrons. The van der Waals surface area contributed by atoms with Gasteiger partial charge in [-0.3, -0.25) is 0 Å². The van der Waals surface area contributed by atoms with Gasteiger partial charge in [0.2, 0.25) is 17.3 Å². The zero-order valence-corrected chi connectivity index (χ0v) is 9.32. The number of carbonyl (C=O) groups is 2. The largest absolute Gasteiger partial charge is 0.476 e. The highest BCUT2D eigenvalue weighted by molar-refractivity contribution is 5.98. The van der Waals surface area contributed by atoms with Gasteiger partial charge >= 0.3 is 11.9 Å². The van der Waals surface area contributed by atoms with E-state index in [1.165, 1.54) is 12.1 Å². The van der Waals surface area contributed by atoms with Crippen molar-refractivity contribution < 1.29 is 24.2 Å². The summed E-state index contributed by atoms with van der Waals surface area (Å²) in [6.45, 7) is 0. The van der Waals surface area contributed by atoms with Gasteiger partial charge in [0.15, 0.2) is 0 Å². The van der Waals surface area contributed by atoms with Gasteiger partial charge in [0.25, 0.3) is 0 Å². The number of hydrogen-bond donors (Lipinski definition) is 2. The number of aromatic nitrogens is 1. The topological polar surface area (TPSA) is 124 Å². The van der Waals surface area contributed by atoms with E-state index >= 15 is 0 Å². The Hall–Kier alpha value is -3.14. The third-order valence-corrected chi connectivity index (χ3v) is 2.26. The average molecular weight is 258 g/mol. The highest BCUT2D eigenvalue weighted by Gasteiger charge is 2.25. The third-order valence-electron chi connectivity index (χ3n) is 2.26. The summed E-state index contributed by atoms with van der Waals surface area (Å²) in [5, 5.41) is 26.4. The van der Waals surface area contributed by atoms with Gasteiger partial charge in [-0.25, -0.2) is 14.6 Å². The molecule has 0 bridgehead atoms. The molecule has 0 saturated heterocycles. The number of hydrogen-bond acceptors (Lipinski definition) is 5. The Morgan fingerprint density at radius 2 is 2.00 bits per heavy atom. The first-order valence-corrected chi connectivity index (χ1v) is 5.01. The SMILES string of the molecule is N#Cc1cccc(-c2nc(C(=O)O)c(C(=O)O)o2)c1. The fourth-order valence-electron chi connectivity index (χ4n) is 1.46. The third kappa shape index (κ3) is 2.28. The Bertz CT molecular complexity index is 680. The first-order valence-electron chi connectivity index (χ1n) is 5.01. The van der Waals surface area contributed by atoms with E-state index < -0.39 is 23.4 Å². The molecule has 0 spiro atoms. The van der Waals surface area contributed by atoms with Gasteiger partial charge in [0.05, 0.1) is 11.6 Å². The molecule has 2 N–H and O–H groups in total. The molecule has 7 nitrogen and oxygen atoms in total. The standard InChI is InChI=1S/C12H6N2O5/c13-5-6-2-1-3-7(4-6)10-14-8(11(15)16)9(19-10)12(17)18/h1-4H,(H,15,16)(H,17,18). The second-order valence-corrected chi connectivity index (χ2v) is 3.50. The summed E-state index contributed by atoms with van der Waals surface area (Å²) in [5.74, 6) is -3.92. The fraction of sp³-hybridized carbons (Fsp3) is 0. The molecule has 19 heavy (non-hydrogen) atoms. The number of carboxylic acids is 2. The first-order chi connectivity index (χ1) is 9.02. The van der Waals surface area contributed by atoms with Gasteiger partial charge < -0.3 is 14.6 Å². The molecule has 0 unspecified atom stereocenters. The van der Waals surface area contributed by atoms with Crippen molar-refractivity contribution >= 4 is 11.9 Å². The summed E-state index contributed by atoms with van der Waals surface area (Å²) in [6.07, 6.45) is 0. The van der Waals surface area contributed by atoms with Crippen LogP contribution in [0.2, 0.25) is 0 Å². The normalized spacial score (nSPS) is 9.84. The second kappa shape index (κ2) is 4.62. The number of carboxylic acid groups (broad SMARTS) is 2. The number of aromatic carboxylic acids is 2. The van der Waals surface area contributed by atoms with E-state index in [0.717, 1.165) is 0 Å². The molecule has 0 aliphatic rings. The first kappa shape index (κ1) is 12.3. The van der Waals surface area contributed by atoms with Crippen LogP contribution in [0.5, 0.6) is 0 Å². The van der Waals surface area contributed by atoms with Crippen LogP contribution in [-0.2, 0) is 0 Å². The summed E-state index contributed by atoms with van der Waals surface area (Å²) in [4.78, 5) is 25.3. The van der Waals surface area contributed by atoms with Crippen molar-refractivity contribution in [3.05, 3.63) is 41.3 Å². The van der Waals surface area contributed by atoms with Gasteiger partial charge in [0.1, 0.15) is 0 Å². The Balaban J connectivity index is 2.57. The molecule has 0 amide bonds. The van der Waals surface area contributed by atoms with E-state index in [1.807, 2.05) is 6.07 Å². The van der Waals surface area contributed by atoms with Crippen LogP contribution in [0, 0.1) is 11.3 Å². The molecule has 1 aromatic heterocycles. The van der Waals surface area contributed by atoms with Crippen LogP contribution in [-0.4, -0.2) is 27.1 Å². The molecule has 0 aliphatic heterocycles. The van der Waals surface area contributed by atoms with Gasteiger partial charge in [-0.1, -0.05) is 6.07 Å². The van der Waals surface area contributed by atoms with Crippen molar-refractivity contribution in [1.82, 2.24) is 4.98 Å². The van der Waals surface area contributed by atoms with Gasteiger partial charge in [-0.05, 0) is 18.2 Å². The Morgan fingerprint density at radius 3 is 2.53 bits per heavy atom. The van der Waals surface area contributed by atoms with Crippen LogP contribution in [0.15, 0.2) is 28.7 Å². The zero-order valence-electron chi connectivity index (χ0n) is 9.32. The Morgan fingerprint density at radius 1 is 1.26 bits per heavy atom. The van der Waals surface area contributed by atoms with Crippen LogP contribution >= 0.6 is 0 Å². The van der Waals surface area contributed by atoms with Gasteiger partial charge in [-0.15, -0.1) is 0 Å². The fourth-order valence-corrected chi connectivity index (χ4v) is 1.46. The van der Waals surface area contributed by atoms with Crippen LogP contribution in [0.1, 0.15) is 26.6 Å². The Labute approximate surface area is 106 Å². The molecule has 0 radical (unpaired) electrons. The molecule has 0 atom stereocenters. The minimum atomic E-state index is -1.52. The number of rotatable bonds is 3. The molecule has 0 fully saturated rings. The molecule has 0 aliphatic carbocycles. The van der Waals surface area contributed by atoms with Crippen molar-refractivity contribution in [1.29, 1.82) is 5.26 Å². The predicted molar refractivity (Wildman–Crippen MR) is 60.6 cm³/mol. The summed E-state index contributed by atoms with van der Waals surface area (Å²) in [5.41, 5.74) is -0.0247. The van der Waals surface area contributed by atoms with Crippen LogP contribution in [0.25, 0.3) is 11.5 Å². The van der Waals surface area contributed by atoms with Crippen LogP contribution in [0.4, 0.5) is 0 Å². The summed E-state index contributed by atoms with van der Waals surface area (Å²) >= 11 is 0. The van der Waals surface area contributed by atoms with Crippen molar-refractivity contribution in [3.8, 4) is 17.5 Å². The summed E-state index contributed by atoms with van der Waals surface area (Å²) in [6, 6.07) is 7.95. The maximum absolute atomic E-state index is 10.9. The minimum absolute atomic E-state index is 0.160. The highest BCUT2D eigenvalue weighted by Crippen LogP contribution is 2.23. The molecule has 2 rings (SSSR count). The summed E-state index contributed by atoms with van der Waals surface area (Å²) < 4.78 is 4.92. The lowest BCUT2D eigenvalue weighted by Gasteiger charge is -1.94. The van der Waals surface area contributed by atoms with Gasteiger partial charge in [0, 0.05) is 5.56 Å². The lowest BCUT2D eigenvalue weighted by Crippen LogP contribution is -2.05. The van der Waals surface area contributed by atoms with Crippen molar-refractivity contribution in [2.75, 3.05) is 0 Å². The van der Waals surface area contributed by atoms with Crippen LogP contribution < -0.4 is 0 Å². The molecule has 1 aromatic carbocycles. The lowest BCUT2D eigenvalue weighted by atomic mass is 10.1. The maximum Gasteiger partial charge on any atom is 0.374 e. The molecule has 1 heterocycles. The smallest absolute Gasteiger partial charge is 0.374 e. The molecule has 7 heteroatoms. The van der Waals surface area contributed by atoms with Crippen molar-refractivity contribution in [2.24, 2.45) is 0 Å². The predicted octanol–water partition coefficient (Wildman–Crippen LogP) is 1.61. The number of oxazole rings is 1. The molecular weight excluding hydrogens is 252 g/mol. The second-order valence-electron chi connectivity index (χ2n) is 3.50. The number of benzene rings is 1. The summed E-state index contributed by atoms with van der Waals surface area (Å²) in [7, 11) is 0. The van der Waals surface area contributed by atoms with E-state index in [9.17, 15) is 9.59 Å². The van der Waals surface area contributed by atoms with Gasteiger partial charge in [-0.2, -0.15) is 5.26 Å². The molecular formula is C12H6N2O5. The molecule has 0 saturated carbocycles. The van der Waals surface area contributed by atoms with Crippen molar-refractivity contribution in [3.63, 3.8) is 0 Å². The monoisotopic (exact) mass is 258 g/mol. The van der Waals surface area contributed by atoms with E-state index in [4.69, 9.17) is 19.9 Å². The minimum Gasteiger partial charge on any atom is -0.476 e. The van der Waals surface area contributed by atoms with E-state index in [2.05, 4.69) is 4.98 Å². The quantitative estimate of drug-likeness (QED) is 0.856. The van der Waals surface area contributed by atoms with Crippen LogP contribution in [0.3, 0.4) is 0 Å². The van der Waals surface area contributed by atoms with E-state index in [0.29, 0.717) is 11.1 Å². The van der Waals surface area contributed by atoms with E-state index in [1.54, 1.807) is 12.1 Å². The maximum atomic E-state index is 10.9. The number of nitrogens with zero attached hydrogens (tertiary/aromatic N) is 2. The average Bonchev–Trinajstić information content (AvgIpc) is 2.84.